The number of amides is 1. The molecular weight excluding hydrogens is 250 g/mol. The van der Waals surface area contributed by atoms with Gasteiger partial charge in [-0.25, -0.2) is 8.78 Å². The maximum absolute atomic E-state index is 13.4. The highest BCUT2D eigenvalue weighted by Crippen LogP contribution is 2.21. The van der Waals surface area contributed by atoms with E-state index in [4.69, 9.17) is 0 Å². The van der Waals surface area contributed by atoms with Crippen LogP contribution in [0.4, 0.5) is 14.5 Å². The van der Waals surface area contributed by atoms with Crippen LogP contribution >= 0.6 is 0 Å². The van der Waals surface area contributed by atoms with Gasteiger partial charge >= 0.3 is 0 Å². The van der Waals surface area contributed by atoms with Crippen LogP contribution in [0.25, 0.3) is 0 Å². The normalized spacial score (nSPS) is 23.1. The lowest BCUT2D eigenvalue weighted by Gasteiger charge is -2.29. The Kier molecular flexibility index (Phi) is 4.47. The second-order valence-corrected chi connectivity index (χ2v) is 5.03. The molecule has 0 bridgehead atoms. The molecule has 1 aliphatic rings. The number of hydrogen-bond acceptors (Lipinski definition) is 2. The molecule has 2 N–H and O–H groups in total. The summed E-state index contributed by atoms with van der Waals surface area (Å²) >= 11 is 0. The van der Waals surface area contributed by atoms with Gasteiger partial charge in [0.15, 0.2) is 0 Å². The second kappa shape index (κ2) is 6.10. The molecule has 3 nitrogen and oxygen atoms in total. The van der Waals surface area contributed by atoms with E-state index >= 15 is 0 Å². The van der Waals surface area contributed by atoms with E-state index in [0.29, 0.717) is 5.92 Å². The third-order valence-corrected chi connectivity index (χ3v) is 3.56. The Morgan fingerprint density at radius 2 is 2.11 bits per heavy atom. The van der Waals surface area contributed by atoms with Gasteiger partial charge in [-0.3, -0.25) is 4.79 Å². The number of carbonyl (C=O) groups excluding carboxylic acids is 1. The fourth-order valence-corrected chi connectivity index (χ4v) is 2.39. The highest BCUT2D eigenvalue weighted by Gasteiger charge is 2.24. The number of carbonyl (C=O) groups is 1. The number of halogens is 2. The van der Waals surface area contributed by atoms with Crippen LogP contribution in [-0.2, 0) is 4.79 Å². The quantitative estimate of drug-likeness (QED) is 0.885. The van der Waals surface area contributed by atoms with Crippen LogP contribution in [-0.4, -0.2) is 18.5 Å². The molecule has 104 valence electrons. The third-order valence-electron chi connectivity index (χ3n) is 3.56. The van der Waals surface area contributed by atoms with Gasteiger partial charge in [0, 0.05) is 12.5 Å². The Bertz CT molecular complexity index is 445. The van der Waals surface area contributed by atoms with Crippen LogP contribution in [0, 0.1) is 17.6 Å². The van der Waals surface area contributed by atoms with Crippen molar-refractivity contribution in [3.63, 3.8) is 0 Å². The summed E-state index contributed by atoms with van der Waals surface area (Å²) in [6.07, 6.45) is 2.40. The molecule has 1 heterocycles. The van der Waals surface area contributed by atoms with Crippen LogP contribution in [0.1, 0.15) is 26.2 Å². The minimum absolute atomic E-state index is 0.0728. The molecule has 0 radical (unpaired) electrons. The van der Waals surface area contributed by atoms with Crippen molar-refractivity contribution in [3.05, 3.63) is 29.8 Å². The Labute approximate surface area is 111 Å². The highest BCUT2D eigenvalue weighted by atomic mass is 19.1. The van der Waals surface area contributed by atoms with Gasteiger partial charge in [0.05, 0.1) is 0 Å². The van der Waals surface area contributed by atoms with Crippen molar-refractivity contribution in [2.45, 2.75) is 32.2 Å². The van der Waals surface area contributed by atoms with Gasteiger partial charge in [0.1, 0.15) is 17.3 Å². The van der Waals surface area contributed by atoms with Gasteiger partial charge in [-0.05, 0) is 37.4 Å². The van der Waals surface area contributed by atoms with Gasteiger partial charge < -0.3 is 10.6 Å². The van der Waals surface area contributed by atoms with E-state index in [0.717, 1.165) is 31.5 Å². The van der Waals surface area contributed by atoms with Gasteiger partial charge in [-0.2, -0.15) is 0 Å². The fourth-order valence-electron chi connectivity index (χ4n) is 2.39. The molecule has 2 unspecified atom stereocenters. The Balaban J connectivity index is 1.97. The van der Waals surface area contributed by atoms with Crippen LogP contribution < -0.4 is 10.6 Å². The first-order valence-electron chi connectivity index (χ1n) is 6.55. The lowest BCUT2D eigenvalue weighted by atomic mass is 9.90. The first kappa shape index (κ1) is 13.9. The number of nitrogens with one attached hydrogen (secondary N) is 2. The number of rotatable bonds is 3. The van der Waals surface area contributed by atoms with E-state index in [1.165, 1.54) is 6.07 Å². The molecule has 1 saturated heterocycles. The van der Waals surface area contributed by atoms with Gasteiger partial charge in [-0.1, -0.05) is 13.0 Å². The van der Waals surface area contributed by atoms with Crippen LogP contribution in [0.5, 0.6) is 0 Å². The molecular formula is C14H18F2N2O. The Hall–Kier alpha value is -1.49. The number of benzene rings is 1. The number of hydrogen-bond donors (Lipinski definition) is 2. The van der Waals surface area contributed by atoms with Crippen molar-refractivity contribution in [2.75, 3.05) is 11.9 Å². The molecule has 19 heavy (non-hydrogen) atoms. The van der Waals surface area contributed by atoms with E-state index in [-0.39, 0.29) is 24.1 Å². The van der Waals surface area contributed by atoms with E-state index in [1.54, 1.807) is 0 Å². The topological polar surface area (TPSA) is 41.1 Å². The molecule has 1 aromatic rings. The van der Waals surface area contributed by atoms with Gasteiger partial charge in [-0.15, -0.1) is 0 Å². The van der Waals surface area contributed by atoms with Crippen LogP contribution in [0.15, 0.2) is 18.2 Å². The summed E-state index contributed by atoms with van der Waals surface area (Å²) in [5.74, 6) is -1.48. The van der Waals surface area contributed by atoms with Crippen molar-refractivity contribution >= 4 is 11.6 Å². The average Bonchev–Trinajstić information content (AvgIpc) is 2.37. The minimum Gasteiger partial charge on any atom is -0.321 e. The van der Waals surface area contributed by atoms with Crippen molar-refractivity contribution < 1.29 is 13.6 Å². The summed E-state index contributed by atoms with van der Waals surface area (Å²) in [6, 6.07) is 3.59. The van der Waals surface area contributed by atoms with Crippen LogP contribution in [0.3, 0.4) is 0 Å². The average molecular weight is 268 g/mol. The molecule has 1 amide bonds. The number of anilines is 1. The molecule has 0 aliphatic carbocycles. The molecule has 0 aromatic heterocycles. The summed E-state index contributed by atoms with van der Waals surface area (Å²) in [5.41, 5.74) is -0.365. The smallest absolute Gasteiger partial charge is 0.226 e. The lowest BCUT2D eigenvalue weighted by Crippen LogP contribution is -2.42. The molecule has 2 rings (SSSR count). The zero-order chi connectivity index (χ0) is 13.8. The number of piperidine rings is 1. The maximum Gasteiger partial charge on any atom is 0.226 e. The third kappa shape index (κ3) is 3.50. The van der Waals surface area contributed by atoms with Crippen molar-refractivity contribution in [1.29, 1.82) is 0 Å². The first-order chi connectivity index (χ1) is 9.08. The summed E-state index contributed by atoms with van der Waals surface area (Å²) in [6.45, 7) is 2.96. The zero-order valence-electron chi connectivity index (χ0n) is 10.9. The fraction of sp³-hybridized carbons (Fsp3) is 0.500. The molecule has 0 spiro atoms. The molecule has 5 heteroatoms. The van der Waals surface area contributed by atoms with Crippen molar-refractivity contribution in [3.8, 4) is 0 Å². The summed E-state index contributed by atoms with van der Waals surface area (Å²) in [5, 5.41) is 5.58. The molecule has 0 saturated carbocycles. The first-order valence-corrected chi connectivity index (χ1v) is 6.55. The molecule has 2 atom stereocenters. The maximum atomic E-state index is 13.4. The number of para-hydroxylation sites is 1. The van der Waals surface area contributed by atoms with Gasteiger partial charge in [0.2, 0.25) is 5.91 Å². The monoisotopic (exact) mass is 268 g/mol. The second-order valence-electron chi connectivity index (χ2n) is 5.03. The highest BCUT2D eigenvalue weighted by molar-refractivity contribution is 5.91. The molecule has 1 fully saturated rings. The van der Waals surface area contributed by atoms with E-state index in [1.807, 2.05) is 0 Å². The summed E-state index contributed by atoms with van der Waals surface area (Å²) in [4.78, 5) is 11.8. The van der Waals surface area contributed by atoms with Crippen molar-refractivity contribution in [2.24, 2.45) is 5.92 Å². The Morgan fingerprint density at radius 1 is 1.42 bits per heavy atom. The van der Waals surface area contributed by atoms with Crippen LogP contribution in [0.2, 0.25) is 0 Å². The summed E-state index contributed by atoms with van der Waals surface area (Å²) in [7, 11) is 0. The SMILES string of the molecule is CC1CCCNC1CC(=O)Nc1c(F)cccc1F. The predicted octanol–water partition coefficient (Wildman–Crippen LogP) is 2.68. The molecule has 1 aromatic carbocycles. The standard InChI is InChI=1S/C14H18F2N2O/c1-9-4-3-7-17-12(9)8-13(19)18-14-10(15)5-2-6-11(14)16/h2,5-6,9,12,17H,3-4,7-8H2,1H3,(H,18,19). The molecule has 1 aliphatic heterocycles. The van der Waals surface area contributed by atoms with Gasteiger partial charge in [0.25, 0.3) is 0 Å². The van der Waals surface area contributed by atoms with Crippen molar-refractivity contribution in [1.82, 2.24) is 5.32 Å². The minimum atomic E-state index is -0.752. The predicted molar refractivity (Wildman–Crippen MR) is 69.8 cm³/mol. The van der Waals surface area contributed by atoms with E-state index in [2.05, 4.69) is 17.6 Å². The Morgan fingerprint density at radius 3 is 2.74 bits per heavy atom. The largest absolute Gasteiger partial charge is 0.321 e. The van der Waals surface area contributed by atoms with E-state index in [9.17, 15) is 13.6 Å². The zero-order valence-corrected chi connectivity index (χ0v) is 10.9. The summed E-state index contributed by atoms with van der Waals surface area (Å²) < 4.78 is 26.8. The lowest BCUT2D eigenvalue weighted by molar-refractivity contribution is -0.117. The van der Waals surface area contributed by atoms with E-state index < -0.39 is 11.6 Å².